The van der Waals surface area contributed by atoms with Crippen molar-refractivity contribution in [3.63, 3.8) is 0 Å². The summed E-state index contributed by atoms with van der Waals surface area (Å²) in [4.78, 5) is 11.8. The molecule has 0 saturated heterocycles. The maximum atomic E-state index is 11.8. The van der Waals surface area contributed by atoms with Crippen LogP contribution in [0.2, 0.25) is 0 Å². The zero-order valence-corrected chi connectivity index (χ0v) is 13.6. The molecule has 0 heterocycles. The van der Waals surface area contributed by atoms with E-state index in [-0.39, 0.29) is 5.91 Å². The van der Waals surface area contributed by atoms with Crippen LogP contribution in [-0.4, -0.2) is 18.2 Å². The molecule has 0 bridgehead atoms. The van der Waals surface area contributed by atoms with Gasteiger partial charge in [0.25, 0.3) is 0 Å². The number of nitriles is 1. The van der Waals surface area contributed by atoms with Gasteiger partial charge in [-0.2, -0.15) is 5.26 Å². The molecule has 4 heteroatoms. The van der Waals surface area contributed by atoms with E-state index in [0.29, 0.717) is 11.3 Å². The van der Waals surface area contributed by atoms with E-state index < -0.39 is 0 Å². The fourth-order valence-electron chi connectivity index (χ4n) is 2.48. The van der Waals surface area contributed by atoms with Crippen molar-refractivity contribution >= 4 is 17.7 Å². The maximum absolute atomic E-state index is 11.8. The number of hydrogen-bond donors (Lipinski definition) is 1. The van der Waals surface area contributed by atoms with Crippen LogP contribution >= 0.6 is 11.8 Å². The van der Waals surface area contributed by atoms with E-state index in [1.807, 2.05) is 24.3 Å². The number of carbonyl (C=O) groups is 1. The van der Waals surface area contributed by atoms with Gasteiger partial charge in [-0.25, -0.2) is 0 Å². The number of benzene rings is 1. The van der Waals surface area contributed by atoms with Crippen LogP contribution in [0.5, 0.6) is 0 Å². The molecule has 0 radical (unpaired) electrons. The first-order valence-corrected chi connectivity index (χ1v) is 8.95. The van der Waals surface area contributed by atoms with Crippen LogP contribution in [0, 0.1) is 11.3 Å². The van der Waals surface area contributed by atoms with Gasteiger partial charge in [0, 0.05) is 12.3 Å². The van der Waals surface area contributed by atoms with Crippen LogP contribution in [0.3, 0.4) is 0 Å². The van der Waals surface area contributed by atoms with Gasteiger partial charge in [0.05, 0.1) is 17.4 Å². The van der Waals surface area contributed by atoms with Gasteiger partial charge < -0.3 is 5.32 Å². The van der Waals surface area contributed by atoms with Crippen LogP contribution in [0.15, 0.2) is 35.9 Å². The minimum Gasteiger partial charge on any atom is -0.355 e. The van der Waals surface area contributed by atoms with Gasteiger partial charge in [-0.3, -0.25) is 4.79 Å². The molecule has 0 unspecified atom stereocenters. The zero-order valence-electron chi connectivity index (χ0n) is 12.8. The summed E-state index contributed by atoms with van der Waals surface area (Å²) in [6.07, 6.45) is 8.32. The molecule has 0 aliphatic heterocycles. The molecule has 1 aromatic rings. The number of nitrogens with zero attached hydrogens (tertiary/aromatic N) is 1. The van der Waals surface area contributed by atoms with Crippen molar-refractivity contribution in [2.45, 2.75) is 37.9 Å². The van der Waals surface area contributed by atoms with Gasteiger partial charge in [0.15, 0.2) is 0 Å². The van der Waals surface area contributed by atoms with E-state index in [4.69, 9.17) is 5.26 Å². The minimum absolute atomic E-state index is 0.107. The number of hydrogen-bond acceptors (Lipinski definition) is 3. The van der Waals surface area contributed by atoms with Crippen molar-refractivity contribution in [1.29, 1.82) is 5.26 Å². The summed E-state index contributed by atoms with van der Waals surface area (Å²) in [6, 6.07) is 9.62. The van der Waals surface area contributed by atoms with Crippen LogP contribution in [0.1, 0.15) is 43.2 Å². The summed E-state index contributed by atoms with van der Waals surface area (Å²) in [5.74, 6) is 1.39. The molecule has 1 aliphatic rings. The Balaban J connectivity index is 1.59. The van der Waals surface area contributed by atoms with Gasteiger partial charge in [-0.05, 0) is 49.8 Å². The Morgan fingerprint density at radius 3 is 2.77 bits per heavy atom. The van der Waals surface area contributed by atoms with E-state index in [1.165, 1.54) is 31.3 Å². The highest BCUT2D eigenvalue weighted by molar-refractivity contribution is 7.99. The lowest BCUT2D eigenvalue weighted by atomic mass is 9.97. The van der Waals surface area contributed by atoms with Crippen molar-refractivity contribution in [2.24, 2.45) is 0 Å². The third-order valence-corrected chi connectivity index (χ3v) is 4.74. The maximum Gasteiger partial charge on any atom is 0.230 e. The Bertz CT molecular complexity index is 557. The summed E-state index contributed by atoms with van der Waals surface area (Å²) >= 11 is 1.60. The highest BCUT2D eigenvalue weighted by Crippen LogP contribution is 2.19. The topological polar surface area (TPSA) is 52.9 Å². The number of nitrogens with one attached hydrogen (secondary N) is 1. The van der Waals surface area contributed by atoms with Crippen molar-refractivity contribution in [1.82, 2.24) is 5.32 Å². The quantitative estimate of drug-likeness (QED) is 0.779. The predicted molar refractivity (Wildman–Crippen MR) is 91.5 cm³/mol. The SMILES string of the molecule is N#Cc1ccc(CSCC(=O)NCCC2=CCCCC2)cc1. The Morgan fingerprint density at radius 2 is 2.09 bits per heavy atom. The van der Waals surface area contributed by atoms with E-state index in [1.54, 1.807) is 11.8 Å². The Kier molecular flexibility index (Phi) is 7.05. The molecule has 0 aromatic heterocycles. The van der Waals surface area contributed by atoms with E-state index in [2.05, 4.69) is 17.5 Å². The van der Waals surface area contributed by atoms with Gasteiger partial charge in [-0.1, -0.05) is 23.8 Å². The first kappa shape index (κ1) is 16.6. The summed E-state index contributed by atoms with van der Waals surface area (Å²) in [6.45, 7) is 0.752. The highest BCUT2D eigenvalue weighted by Gasteiger charge is 2.05. The molecule has 22 heavy (non-hydrogen) atoms. The molecule has 116 valence electrons. The second kappa shape index (κ2) is 9.32. The largest absolute Gasteiger partial charge is 0.355 e. The van der Waals surface area contributed by atoms with Gasteiger partial charge in [0.2, 0.25) is 5.91 Å². The molecule has 0 saturated carbocycles. The van der Waals surface area contributed by atoms with Crippen LogP contribution in [0.4, 0.5) is 0 Å². The normalized spacial score (nSPS) is 14.0. The molecule has 0 atom stereocenters. The lowest BCUT2D eigenvalue weighted by Gasteiger charge is -2.12. The van der Waals surface area contributed by atoms with Crippen LogP contribution in [-0.2, 0) is 10.5 Å². The van der Waals surface area contributed by atoms with E-state index in [0.717, 1.165) is 24.3 Å². The molecule has 0 spiro atoms. The third kappa shape index (κ3) is 5.95. The summed E-state index contributed by atoms with van der Waals surface area (Å²) in [5.41, 5.74) is 3.31. The summed E-state index contributed by atoms with van der Waals surface area (Å²) < 4.78 is 0. The number of amides is 1. The molecule has 1 aliphatic carbocycles. The standard InChI is InChI=1S/C18H22N2OS/c19-12-16-6-8-17(9-7-16)13-22-14-18(21)20-11-10-15-4-2-1-3-5-15/h4,6-9H,1-3,5,10-11,13-14H2,(H,20,21). The monoisotopic (exact) mass is 314 g/mol. The Labute approximate surface area is 136 Å². The van der Waals surface area contributed by atoms with E-state index in [9.17, 15) is 4.79 Å². The van der Waals surface area contributed by atoms with Gasteiger partial charge >= 0.3 is 0 Å². The molecular formula is C18H22N2OS. The van der Waals surface area contributed by atoms with E-state index >= 15 is 0 Å². The van der Waals surface area contributed by atoms with Crippen LogP contribution < -0.4 is 5.32 Å². The average Bonchev–Trinajstić information content (AvgIpc) is 2.56. The second-order valence-electron chi connectivity index (χ2n) is 5.51. The first-order chi connectivity index (χ1) is 10.8. The fraction of sp³-hybridized carbons (Fsp3) is 0.444. The zero-order chi connectivity index (χ0) is 15.6. The average molecular weight is 314 g/mol. The van der Waals surface area contributed by atoms with Crippen molar-refractivity contribution in [2.75, 3.05) is 12.3 Å². The molecule has 2 rings (SSSR count). The Morgan fingerprint density at radius 1 is 1.27 bits per heavy atom. The van der Waals surface area contributed by atoms with Crippen molar-refractivity contribution < 1.29 is 4.79 Å². The minimum atomic E-state index is 0.107. The van der Waals surface area contributed by atoms with Crippen LogP contribution in [0.25, 0.3) is 0 Å². The molecule has 1 aromatic carbocycles. The summed E-state index contributed by atoms with van der Waals surface area (Å²) in [7, 11) is 0. The lowest BCUT2D eigenvalue weighted by molar-refractivity contribution is -0.118. The molecule has 1 amide bonds. The van der Waals surface area contributed by atoms with Crippen molar-refractivity contribution in [3.8, 4) is 6.07 Å². The third-order valence-electron chi connectivity index (χ3n) is 3.74. The predicted octanol–water partition coefficient (Wildman–Crippen LogP) is 3.80. The Hall–Kier alpha value is -1.73. The smallest absolute Gasteiger partial charge is 0.230 e. The van der Waals surface area contributed by atoms with Gasteiger partial charge in [0.1, 0.15) is 0 Å². The van der Waals surface area contributed by atoms with Crippen molar-refractivity contribution in [3.05, 3.63) is 47.0 Å². The van der Waals surface area contributed by atoms with Gasteiger partial charge in [-0.15, -0.1) is 11.8 Å². The molecule has 3 nitrogen and oxygen atoms in total. The highest BCUT2D eigenvalue weighted by atomic mass is 32.2. The lowest BCUT2D eigenvalue weighted by Crippen LogP contribution is -2.26. The first-order valence-electron chi connectivity index (χ1n) is 7.79. The molecule has 1 N–H and O–H groups in total. The number of allylic oxidation sites excluding steroid dienone is 1. The molecular weight excluding hydrogens is 292 g/mol. The number of rotatable bonds is 7. The second-order valence-corrected chi connectivity index (χ2v) is 6.50. The number of carbonyl (C=O) groups excluding carboxylic acids is 1. The molecule has 0 fully saturated rings. The summed E-state index contributed by atoms with van der Waals surface area (Å²) in [5, 5.41) is 11.7. The fourth-order valence-corrected chi connectivity index (χ4v) is 3.30. The number of thioether (sulfide) groups is 1.